The minimum absolute atomic E-state index is 0.143. The smallest absolute Gasteiger partial charge is 0.227 e. The van der Waals surface area contributed by atoms with E-state index in [9.17, 15) is 0 Å². The summed E-state index contributed by atoms with van der Waals surface area (Å²) >= 11 is 0. The van der Waals surface area contributed by atoms with Gasteiger partial charge >= 0.3 is 0 Å². The number of aromatic nitrogens is 2. The Balaban J connectivity index is 1.83. The molecular weight excluding hydrogens is 226 g/mol. The van der Waals surface area contributed by atoms with Gasteiger partial charge in [0.05, 0.1) is 0 Å². The third-order valence-electron chi connectivity index (χ3n) is 3.54. The Morgan fingerprint density at radius 1 is 1.33 bits per heavy atom. The van der Waals surface area contributed by atoms with E-state index in [4.69, 9.17) is 4.52 Å². The van der Waals surface area contributed by atoms with Crippen molar-refractivity contribution in [2.75, 3.05) is 6.54 Å². The molecule has 18 heavy (non-hydrogen) atoms. The molecule has 4 nitrogen and oxygen atoms in total. The van der Waals surface area contributed by atoms with Gasteiger partial charge in [0.25, 0.3) is 0 Å². The van der Waals surface area contributed by atoms with Gasteiger partial charge in [0.15, 0.2) is 5.82 Å². The van der Waals surface area contributed by atoms with E-state index < -0.39 is 0 Å². The van der Waals surface area contributed by atoms with Gasteiger partial charge in [-0.2, -0.15) is 4.98 Å². The molecule has 2 atom stereocenters. The summed E-state index contributed by atoms with van der Waals surface area (Å²) in [5.41, 5.74) is 0.143. The average molecular weight is 251 g/mol. The maximum atomic E-state index is 5.33. The molecule has 2 unspecified atom stereocenters. The van der Waals surface area contributed by atoms with Gasteiger partial charge in [-0.05, 0) is 46.0 Å². The Morgan fingerprint density at radius 2 is 2.11 bits per heavy atom. The number of nitrogens with zero attached hydrogens (tertiary/aromatic N) is 2. The van der Waals surface area contributed by atoms with Gasteiger partial charge in [0.1, 0.15) is 0 Å². The third kappa shape index (κ3) is 3.80. The number of hydrogen-bond acceptors (Lipinski definition) is 4. The van der Waals surface area contributed by atoms with E-state index in [-0.39, 0.29) is 5.54 Å². The highest BCUT2D eigenvalue weighted by molar-refractivity contribution is 4.99. The van der Waals surface area contributed by atoms with Crippen molar-refractivity contribution < 1.29 is 4.52 Å². The Labute approximate surface area is 110 Å². The molecule has 1 aliphatic rings. The molecular formula is C14H25N3O. The summed E-state index contributed by atoms with van der Waals surface area (Å²) < 4.78 is 5.33. The average Bonchev–Trinajstić information content (AvgIpc) is 2.85. The summed E-state index contributed by atoms with van der Waals surface area (Å²) in [6.07, 6.45) is 4.52. The third-order valence-corrected chi connectivity index (χ3v) is 3.54. The van der Waals surface area contributed by atoms with Crippen molar-refractivity contribution >= 4 is 0 Å². The second-order valence-corrected chi connectivity index (χ2v) is 6.59. The molecule has 1 fully saturated rings. The second kappa shape index (κ2) is 5.39. The van der Waals surface area contributed by atoms with Gasteiger partial charge in [-0.1, -0.05) is 12.1 Å². The van der Waals surface area contributed by atoms with Crippen LogP contribution in [0, 0.1) is 5.92 Å². The number of nitrogens with one attached hydrogen (secondary N) is 1. The SMILES string of the molecule is CC1CCC(c2noc(CCNC(C)(C)C)n2)C1. The Morgan fingerprint density at radius 3 is 2.72 bits per heavy atom. The Hall–Kier alpha value is -0.900. The first-order chi connectivity index (χ1) is 8.44. The lowest BCUT2D eigenvalue weighted by Crippen LogP contribution is -2.37. The van der Waals surface area contributed by atoms with Gasteiger partial charge in [-0.3, -0.25) is 0 Å². The van der Waals surface area contributed by atoms with Crippen LogP contribution in [0.2, 0.25) is 0 Å². The lowest BCUT2D eigenvalue weighted by molar-refractivity contribution is 0.356. The molecule has 1 aliphatic carbocycles. The van der Waals surface area contributed by atoms with E-state index in [1.165, 1.54) is 19.3 Å². The number of hydrogen-bond donors (Lipinski definition) is 1. The maximum Gasteiger partial charge on any atom is 0.227 e. The first-order valence-corrected chi connectivity index (χ1v) is 7.01. The highest BCUT2D eigenvalue weighted by atomic mass is 16.5. The molecule has 1 N–H and O–H groups in total. The topological polar surface area (TPSA) is 51.0 Å². The normalized spacial score (nSPS) is 24.7. The monoisotopic (exact) mass is 251 g/mol. The van der Waals surface area contributed by atoms with Crippen LogP contribution in [0.1, 0.15) is 64.6 Å². The van der Waals surface area contributed by atoms with E-state index in [0.29, 0.717) is 5.92 Å². The van der Waals surface area contributed by atoms with Gasteiger partial charge in [-0.25, -0.2) is 0 Å². The molecule has 0 radical (unpaired) electrons. The highest BCUT2D eigenvalue weighted by Crippen LogP contribution is 2.36. The molecule has 1 saturated carbocycles. The predicted octanol–water partition coefficient (Wildman–Crippen LogP) is 2.90. The lowest BCUT2D eigenvalue weighted by atomic mass is 10.1. The Bertz CT molecular complexity index is 381. The van der Waals surface area contributed by atoms with Gasteiger partial charge in [0.2, 0.25) is 5.89 Å². The molecule has 1 aromatic heterocycles. The van der Waals surface area contributed by atoms with Crippen LogP contribution in [0.3, 0.4) is 0 Å². The van der Waals surface area contributed by atoms with Crippen molar-refractivity contribution in [1.29, 1.82) is 0 Å². The first-order valence-electron chi connectivity index (χ1n) is 7.01. The molecule has 2 rings (SSSR count). The fourth-order valence-electron chi connectivity index (χ4n) is 2.52. The zero-order chi connectivity index (χ0) is 13.2. The predicted molar refractivity (Wildman–Crippen MR) is 71.5 cm³/mol. The van der Waals surface area contributed by atoms with Crippen LogP contribution in [0.25, 0.3) is 0 Å². The quantitative estimate of drug-likeness (QED) is 0.894. The van der Waals surface area contributed by atoms with Gasteiger partial charge in [-0.15, -0.1) is 0 Å². The van der Waals surface area contributed by atoms with Crippen LogP contribution in [0.15, 0.2) is 4.52 Å². The highest BCUT2D eigenvalue weighted by Gasteiger charge is 2.26. The minimum atomic E-state index is 0.143. The zero-order valence-corrected chi connectivity index (χ0v) is 12.0. The Kier molecular flexibility index (Phi) is 4.05. The summed E-state index contributed by atoms with van der Waals surface area (Å²) in [5, 5.41) is 7.56. The van der Waals surface area contributed by atoms with Crippen molar-refractivity contribution in [1.82, 2.24) is 15.5 Å². The van der Waals surface area contributed by atoms with Crippen LogP contribution < -0.4 is 5.32 Å². The fourth-order valence-corrected chi connectivity index (χ4v) is 2.52. The van der Waals surface area contributed by atoms with E-state index in [0.717, 1.165) is 30.6 Å². The second-order valence-electron chi connectivity index (χ2n) is 6.59. The molecule has 0 spiro atoms. The standard InChI is InChI=1S/C14H25N3O/c1-10-5-6-11(9-10)13-16-12(18-17-13)7-8-15-14(2,3)4/h10-11,15H,5-9H2,1-4H3. The van der Waals surface area contributed by atoms with Crippen LogP contribution in [0.5, 0.6) is 0 Å². The largest absolute Gasteiger partial charge is 0.339 e. The summed E-state index contributed by atoms with van der Waals surface area (Å²) in [6, 6.07) is 0. The van der Waals surface area contributed by atoms with E-state index in [1.807, 2.05) is 0 Å². The molecule has 1 heterocycles. The summed E-state index contributed by atoms with van der Waals surface area (Å²) in [5.74, 6) is 3.01. The van der Waals surface area contributed by atoms with Crippen LogP contribution in [-0.2, 0) is 6.42 Å². The molecule has 102 valence electrons. The van der Waals surface area contributed by atoms with E-state index in [2.05, 4.69) is 43.2 Å². The lowest BCUT2D eigenvalue weighted by Gasteiger charge is -2.19. The molecule has 0 bridgehead atoms. The van der Waals surface area contributed by atoms with E-state index in [1.54, 1.807) is 0 Å². The van der Waals surface area contributed by atoms with Crippen molar-refractivity contribution in [3.63, 3.8) is 0 Å². The van der Waals surface area contributed by atoms with Crippen LogP contribution in [0.4, 0.5) is 0 Å². The van der Waals surface area contributed by atoms with Gasteiger partial charge < -0.3 is 9.84 Å². The molecule has 1 aromatic rings. The maximum absolute atomic E-state index is 5.33. The van der Waals surface area contributed by atoms with E-state index >= 15 is 0 Å². The molecule has 4 heteroatoms. The van der Waals surface area contributed by atoms with Crippen molar-refractivity contribution in [2.45, 2.75) is 64.8 Å². The molecule has 0 aromatic carbocycles. The van der Waals surface area contributed by atoms with Crippen molar-refractivity contribution in [3.05, 3.63) is 11.7 Å². The van der Waals surface area contributed by atoms with Gasteiger partial charge in [0, 0.05) is 24.4 Å². The summed E-state index contributed by atoms with van der Waals surface area (Å²) in [6.45, 7) is 9.66. The minimum Gasteiger partial charge on any atom is -0.339 e. The summed E-state index contributed by atoms with van der Waals surface area (Å²) in [4.78, 5) is 4.53. The van der Waals surface area contributed by atoms with Crippen molar-refractivity contribution in [3.8, 4) is 0 Å². The first kappa shape index (κ1) is 13.5. The van der Waals surface area contributed by atoms with Crippen LogP contribution in [-0.4, -0.2) is 22.2 Å². The summed E-state index contributed by atoms with van der Waals surface area (Å²) in [7, 11) is 0. The fraction of sp³-hybridized carbons (Fsp3) is 0.857. The molecule has 0 saturated heterocycles. The van der Waals surface area contributed by atoms with Crippen LogP contribution >= 0.6 is 0 Å². The number of rotatable bonds is 4. The van der Waals surface area contributed by atoms with Crippen molar-refractivity contribution in [2.24, 2.45) is 5.92 Å². The molecule has 0 aliphatic heterocycles. The zero-order valence-electron chi connectivity index (χ0n) is 12.0. The molecule has 0 amide bonds.